The minimum atomic E-state index is -0.882. The molecule has 3 rings (SSSR count). The van der Waals surface area contributed by atoms with Crippen LogP contribution in [0.25, 0.3) is 11.0 Å². The molecule has 0 saturated carbocycles. The predicted octanol–water partition coefficient (Wildman–Crippen LogP) is 2.72. The smallest absolute Gasteiger partial charge is 0.350 e. The number of nitro benzene ring substituents is 1. The summed E-state index contributed by atoms with van der Waals surface area (Å²) in [6.45, 7) is 0. The third-order valence-corrected chi connectivity index (χ3v) is 3.83. The van der Waals surface area contributed by atoms with E-state index >= 15 is 0 Å². The molecular formula is C17H15N3O6. The van der Waals surface area contributed by atoms with Crippen LogP contribution in [-0.4, -0.2) is 34.7 Å². The van der Waals surface area contributed by atoms with Crippen molar-refractivity contribution in [3.05, 3.63) is 52.3 Å². The minimum absolute atomic E-state index is 0.144. The number of aryl methyl sites for hydroxylation is 1. The van der Waals surface area contributed by atoms with Gasteiger partial charge >= 0.3 is 5.97 Å². The fourth-order valence-electron chi connectivity index (χ4n) is 2.52. The predicted molar refractivity (Wildman–Crippen MR) is 91.9 cm³/mol. The highest BCUT2D eigenvalue weighted by Crippen LogP contribution is 2.35. The van der Waals surface area contributed by atoms with E-state index in [0.29, 0.717) is 5.52 Å². The Bertz CT molecular complexity index is 1010. The number of nitro groups is 1. The number of carbonyl (C=O) groups excluding carboxylic acids is 1. The minimum Gasteiger partial charge on any atom is -0.493 e. The lowest BCUT2D eigenvalue weighted by Gasteiger charge is -2.10. The third kappa shape index (κ3) is 3.02. The van der Waals surface area contributed by atoms with Gasteiger partial charge in [-0.05, 0) is 12.1 Å². The molecule has 0 bridgehead atoms. The third-order valence-electron chi connectivity index (χ3n) is 3.83. The highest BCUT2D eigenvalue weighted by molar-refractivity contribution is 5.96. The Labute approximate surface area is 147 Å². The largest absolute Gasteiger partial charge is 0.493 e. The second kappa shape index (κ2) is 6.71. The van der Waals surface area contributed by atoms with E-state index in [-0.39, 0.29) is 22.8 Å². The van der Waals surface area contributed by atoms with E-state index in [2.05, 4.69) is 4.98 Å². The standard InChI is InChI=1S/C17H15N3O6/c1-19-9-18-12-6-10(4-5-13(12)19)26-17(21)11-7-15(24-2)16(25-3)8-14(11)20(22)23/h4-9H,1-3H3. The van der Waals surface area contributed by atoms with E-state index in [1.165, 1.54) is 20.3 Å². The van der Waals surface area contributed by atoms with Crippen LogP contribution in [0, 0.1) is 10.1 Å². The van der Waals surface area contributed by atoms with Crippen molar-refractivity contribution in [2.24, 2.45) is 7.05 Å². The summed E-state index contributed by atoms with van der Waals surface area (Å²) in [6.07, 6.45) is 1.63. The molecule has 0 N–H and O–H groups in total. The van der Waals surface area contributed by atoms with Crippen LogP contribution in [0.2, 0.25) is 0 Å². The van der Waals surface area contributed by atoms with Crippen molar-refractivity contribution in [2.75, 3.05) is 14.2 Å². The van der Waals surface area contributed by atoms with Crippen molar-refractivity contribution in [1.82, 2.24) is 9.55 Å². The number of esters is 1. The zero-order chi connectivity index (χ0) is 18.8. The number of aromatic nitrogens is 2. The normalized spacial score (nSPS) is 10.6. The average Bonchev–Trinajstić information content (AvgIpc) is 3.00. The molecule has 9 heteroatoms. The Kier molecular flexibility index (Phi) is 4.44. The highest BCUT2D eigenvalue weighted by Gasteiger charge is 2.26. The second-order valence-electron chi connectivity index (χ2n) is 5.38. The molecule has 0 radical (unpaired) electrons. The van der Waals surface area contributed by atoms with Crippen molar-refractivity contribution in [2.45, 2.75) is 0 Å². The number of methoxy groups -OCH3 is 2. The van der Waals surface area contributed by atoms with Gasteiger partial charge in [0, 0.05) is 19.2 Å². The van der Waals surface area contributed by atoms with Crippen LogP contribution in [0.5, 0.6) is 17.2 Å². The molecule has 134 valence electrons. The first-order chi connectivity index (χ1) is 12.4. The summed E-state index contributed by atoms with van der Waals surface area (Å²) in [5.41, 5.74) is 0.821. The van der Waals surface area contributed by atoms with Crippen LogP contribution in [0.15, 0.2) is 36.7 Å². The van der Waals surface area contributed by atoms with Crippen LogP contribution in [0.4, 0.5) is 5.69 Å². The number of hydrogen-bond acceptors (Lipinski definition) is 7. The number of nitrogens with zero attached hydrogens (tertiary/aromatic N) is 3. The first-order valence-corrected chi connectivity index (χ1v) is 7.48. The number of ether oxygens (including phenoxy) is 3. The molecule has 0 spiro atoms. The first-order valence-electron chi connectivity index (χ1n) is 7.48. The van der Waals surface area contributed by atoms with Crippen molar-refractivity contribution >= 4 is 22.7 Å². The van der Waals surface area contributed by atoms with Gasteiger partial charge in [-0.15, -0.1) is 0 Å². The van der Waals surface area contributed by atoms with Gasteiger partial charge in [0.05, 0.1) is 42.6 Å². The number of fused-ring (bicyclic) bond motifs is 1. The molecule has 0 atom stereocenters. The van der Waals surface area contributed by atoms with Crippen LogP contribution < -0.4 is 14.2 Å². The summed E-state index contributed by atoms with van der Waals surface area (Å²) in [6, 6.07) is 7.26. The first kappa shape index (κ1) is 17.2. The number of imidazole rings is 1. The van der Waals surface area contributed by atoms with Crippen LogP contribution in [-0.2, 0) is 7.05 Å². The molecule has 1 heterocycles. The average molecular weight is 357 g/mol. The molecule has 0 unspecified atom stereocenters. The molecule has 1 aromatic heterocycles. The molecule has 0 fully saturated rings. The van der Waals surface area contributed by atoms with E-state index in [1.54, 1.807) is 24.5 Å². The van der Waals surface area contributed by atoms with Gasteiger partial charge in [0.2, 0.25) is 0 Å². The van der Waals surface area contributed by atoms with Gasteiger partial charge in [-0.25, -0.2) is 9.78 Å². The Morgan fingerprint density at radius 3 is 2.50 bits per heavy atom. The molecule has 9 nitrogen and oxygen atoms in total. The Hall–Kier alpha value is -3.62. The lowest BCUT2D eigenvalue weighted by Crippen LogP contribution is -2.12. The van der Waals surface area contributed by atoms with Crippen molar-refractivity contribution in [1.29, 1.82) is 0 Å². The summed E-state index contributed by atoms with van der Waals surface area (Å²) < 4.78 is 17.3. The zero-order valence-electron chi connectivity index (χ0n) is 14.3. The van der Waals surface area contributed by atoms with E-state index in [0.717, 1.165) is 11.6 Å². The molecule has 0 aliphatic heterocycles. The summed E-state index contributed by atoms with van der Waals surface area (Å²) in [5.74, 6) is -0.325. The Morgan fingerprint density at radius 1 is 1.15 bits per heavy atom. The van der Waals surface area contributed by atoms with Gasteiger partial charge in [-0.3, -0.25) is 10.1 Å². The molecule has 3 aromatic rings. The molecule has 0 aliphatic carbocycles. The van der Waals surface area contributed by atoms with E-state index < -0.39 is 16.6 Å². The lowest BCUT2D eigenvalue weighted by atomic mass is 10.1. The summed E-state index contributed by atoms with van der Waals surface area (Å²) >= 11 is 0. The Balaban J connectivity index is 1.98. The highest BCUT2D eigenvalue weighted by atomic mass is 16.6. The summed E-state index contributed by atoms with van der Waals surface area (Å²) in [7, 11) is 4.56. The van der Waals surface area contributed by atoms with E-state index in [1.807, 2.05) is 11.6 Å². The van der Waals surface area contributed by atoms with E-state index in [9.17, 15) is 14.9 Å². The maximum Gasteiger partial charge on any atom is 0.350 e. The quantitative estimate of drug-likeness (QED) is 0.299. The molecule has 2 aromatic carbocycles. The fourth-order valence-corrected chi connectivity index (χ4v) is 2.52. The van der Waals surface area contributed by atoms with Gasteiger partial charge in [0.15, 0.2) is 11.5 Å². The van der Waals surface area contributed by atoms with Gasteiger partial charge in [-0.1, -0.05) is 0 Å². The summed E-state index contributed by atoms with van der Waals surface area (Å²) in [4.78, 5) is 27.3. The zero-order valence-corrected chi connectivity index (χ0v) is 14.3. The maximum atomic E-state index is 12.5. The monoisotopic (exact) mass is 357 g/mol. The van der Waals surface area contributed by atoms with Crippen molar-refractivity contribution in [3.63, 3.8) is 0 Å². The topological polar surface area (TPSA) is 106 Å². The van der Waals surface area contributed by atoms with Crippen LogP contribution in [0.3, 0.4) is 0 Å². The summed E-state index contributed by atoms with van der Waals surface area (Å²) in [5, 5.41) is 11.3. The number of rotatable bonds is 5. The SMILES string of the molecule is COc1cc(C(=O)Oc2ccc3c(c2)ncn3C)c([N+](=O)[O-])cc1OC. The molecule has 0 aliphatic rings. The van der Waals surface area contributed by atoms with Gasteiger partial charge in [0.1, 0.15) is 11.3 Å². The molecule has 0 saturated heterocycles. The number of benzene rings is 2. The number of hydrogen-bond donors (Lipinski definition) is 0. The molecule has 0 amide bonds. The van der Waals surface area contributed by atoms with Crippen LogP contribution >= 0.6 is 0 Å². The second-order valence-corrected chi connectivity index (χ2v) is 5.38. The molecule has 26 heavy (non-hydrogen) atoms. The number of carbonyl (C=O) groups is 1. The lowest BCUT2D eigenvalue weighted by molar-refractivity contribution is -0.385. The van der Waals surface area contributed by atoms with Crippen molar-refractivity contribution in [3.8, 4) is 17.2 Å². The van der Waals surface area contributed by atoms with Gasteiger partial charge < -0.3 is 18.8 Å². The fraction of sp³-hybridized carbons (Fsp3) is 0.176. The van der Waals surface area contributed by atoms with Gasteiger partial charge in [0.25, 0.3) is 5.69 Å². The van der Waals surface area contributed by atoms with Crippen molar-refractivity contribution < 1.29 is 23.9 Å². The maximum absolute atomic E-state index is 12.5. The van der Waals surface area contributed by atoms with E-state index in [4.69, 9.17) is 14.2 Å². The molecular weight excluding hydrogens is 342 g/mol. The van der Waals surface area contributed by atoms with Crippen LogP contribution in [0.1, 0.15) is 10.4 Å². The Morgan fingerprint density at radius 2 is 1.85 bits per heavy atom. The van der Waals surface area contributed by atoms with Gasteiger partial charge in [-0.2, -0.15) is 0 Å².